The summed E-state index contributed by atoms with van der Waals surface area (Å²) in [5, 5.41) is 0. The molecule has 0 aromatic rings. The molecule has 130 valence electrons. The maximum Gasteiger partial charge on any atom is 0.256 e. The van der Waals surface area contributed by atoms with Crippen molar-refractivity contribution in [3.63, 3.8) is 0 Å². The van der Waals surface area contributed by atoms with E-state index in [9.17, 15) is 9.59 Å². The van der Waals surface area contributed by atoms with Crippen LogP contribution >= 0.6 is 0 Å². The molecule has 3 aliphatic rings. The van der Waals surface area contributed by atoms with Crippen molar-refractivity contribution in [2.45, 2.75) is 63.4 Å². The van der Waals surface area contributed by atoms with E-state index in [0.29, 0.717) is 32.0 Å². The average Bonchev–Trinajstić information content (AvgIpc) is 2.70. The van der Waals surface area contributed by atoms with Crippen molar-refractivity contribution in [3.8, 4) is 0 Å². The molecule has 1 aliphatic carbocycles. The van der Waals surface area contributed by atoms with E-state index >= 15 is 0 Å². The molecule has 1 atom stereocenters. The normalized spacial score (nSPS) is 30.6. The van der Waals surface area contributed by atoms with Crippen molar-refractivity contribution >= 4 is 11.8 Å². The van der Waals surface area contributed by atoms with Crippen LogP contribution in [0.25, 0.3) is 0 Å². The van der Waals surface area contributed by atoms with Crippen molar-refractivity contribution in [1.29, 1.82) is 0 Å². The zero-order chi connectivity index (χ0) is 16.3. The molecule has 5 heteroatoms. The fourth-order valence-electron chi connectivity index (χ4n) is 4.36. The van der Waals surface area contributed by atoms with E-state index in [1.807, 2.05) is 11.9 Å². The highest BCUT2D eigenvalue weighted by Gasteiger charge is 2.47. The number of hydrogen-bond donors (Lipinski definition) is 0. The van der Waals surface area contributed by atoms with Gasteiger partial charge in [-0.15, -0.1) is 0 Å². The van der Waals surface area contributed by atoms with Crippen LogP contribution in [0.5, 0.6) is 0 Å². The van der Waals surface area contributed by atoms with Crippen LogP contribution in [0.2, 0.25) is 0 Å². The third kappa shape index (κ3) is 3.70. The Kier molecular flexibility index (Phi) is 5.24. The van der Waals surface area contributed by atoms with Crippen LogP contribution in [0.15, 0.2) is 0 Å². The molecule has 0 aromatic heterocycles. The summed E-state index contributed by atoms with van der Waals surface area (Å²) in [6.07, 6.45) is 9.59. The topological polar surface area (TPSA) is 49.9 Å². The molecule has 2 aliphatic heterocycles. The van der Waals surface area contributed by atoms with E-state index in [0.717, 1.165) is 25.8 Å². The molecule has 2 amide bonds. The first kappa shape index (κ1) is 16.7. The Bertz CT molecular complexity index is 448. The summed E-state index contributed by atoms with van der Waals surface area (Å²) in [7, 11) is 1.85. The molecule has 3 fully saturated rings. The molecule has 0 aromatic carbocycles. The van der Waals surface area contributed by atoms with Crippen LogP contribution in [0.3, 0.4) is 0 Å². The molecule has 2 saturated heterocycles. The summed E-state index contributed by atoms with van der Waals surface area (Å²) in [6.45, 7) is 2.35. The Morgan fingerprint density at radius 2 is 1.96 bits per heavy atom. The van der Waals surface area contributed by atoms with Crippen LogP contribution < -0.4 is 0 Å². The van der Waals surface area contributed by atoms with E-state index in [2.05, 4.69) is 0 Å². The maximum absolute atomic E-state index is 12.7. The highest BCUT2D eigenvalue weighted by Crippen LogP contribution is 2.31. The zero-order valence-corrected chi connectivity index (χ0v) is 14.4. The van der Waals surface area contributed by atoms with E-state index in [1.165, 1.54) is 32.1 Å². The molecule has 0 bridgehead atoms. The third-order valence-corrected chi connectivity index (χ3v) is 5.79. The number of ether oxygens (including phenoxy) is 1. The summed E-state index contributed by atoms with van der Waals surface area (Å²) in [4.78, 5) is 29.1. The zero-order valence-electron chi connectivity index (χ0n) is 14.4. The van der Waals surface area contributed by atoms with E-state index in [-0.39, 0.29) is 11.8 Å². The maximum atomic E-state index is 12.7. The molecule has 1 saturated carbocycles. The second-order valence-corrected chi connectivity index (χ2v) is 7.55. The monoisotopic (exact) mass is 322 g/mol. The Labute approximate surface area is 139 Å². The van der Waals surface area contributed by atoms with Gasteiger partial charge < -0.3 is 14.5 Å². The number of morpholine rings is 1. The number of likely N-dealkylation sites (tertiary alicyclic amines) is 1. The smallest absolute Gasteiger partial charge is 0.256 e. The molecule has 23 heavy (non-hydrogen) atoms. The number of carbonyl (C=O) groups is 2. The molecule has 0 radical (unpaired) electrons. The van der Waals surface area contributed by atoms with E-state index in [4.69, 9.17) is 4.74 Å². The van der Waals surface area contributed by atoms with Gasteiger partial charge in [-0.1, -0.05) is 19.3 Å². The van der Waals surface area contributed by atoms with E-state index < -0.39 is 5.60 Å². The summed E-state index contributed by atoms with van der Waals surface area (Å²) in [6, 6.07) is 0. The number of amides is 2. The van der Waals surface area contributed by atoms with Crippen LogP contribution in [0.4, 0.5) is 0 Å². The summed E-state index contributed by atoms with van der Waals surface area (Å²) in [5.41, 5.74) is -0.786. The van der Waals surface area contributed by atoms with Crippen LogP contribution in [0.1, 0.15) is 57.8 Å². The van der Waals surface area contributed by atoms with Crippen molar-refractivity contribution < 1.29 is 14.3 Å². The highest BCUT2D eigenvalue weighted by molar-refractivity contribution is 5.87. The van der Waals surface area contributed by atoms with Crippen molar-refractivity contribution in [1.82, 2.24) is 9.80 Å². The standard InChI is InChI=1S/C18H30N2O3/c1-19-10-6-5-9-18(17(19)22)14-20(11-12-23-18)16(21)13-15-7-3-2-4-8-15/h15H,2-14H2,1H3. The van der Waals surface area contributed by atoms with Gasteiger partial charge in [0.15, 0.2) is 5.60 Å². The van der Waals surface area contributed by atoms with Crippen LogP contribution in [-0.2, 0) is 14.3 Å². The Hall–Kier alpha value is -1.10. The molecule has 2 heterocycles. The SMILES string of the molecule is CN1CCCCC2(CN(C(=O)CC3CCCCC3)CCO2)C1=O. The predicted molar refractivity (Wildman–Crippen MR) is 87.9 cm³/mol. The molecule has 1 spiro atoms. The fraction of sp³-hybridized carbons (Fsp3) is 0.889. The van der Waals surface area contributed by atoms with Crippen molar-refractivity contribution in [2.24, 2.45) is 5.92 Å². The minimum Gasteiger partial charge on any atom is -0.361 e. The number of rotatable bonds is 2. The number of carbonyl (C=O) groups excluding carboxylic acids is 2. The van der Waals surface area contributed by atoms with Gasteiger partial charge in [0.05, 0.1) is 13.2 Å². The highest BCUT2D eigenvalue weighted by atomic mass is 16.5. The second kappa shape index (κ2) is 7.20. The predicted octanol–water partition coefficient (Wildman–Crippen LogP) is 2.20. The molecular weight excluding hydrogens is 292 g/mol. The van der Waals surface area contributed by atoms with Crippen molar-refractivity contribution in [3.05, 3.63) is 0 Å². The molecular formula is C18H30N2O3. The summed E-state index contributed by atoms with van der Waals surface area (Å²) < 4.78 is 5.95. The lowest BCUT2D eigenvalue weighted by Gasteiger charge is -2.42. The first-order valence-electron chi connectivity index (χ1n) is 9.28. The van der Waals surface area contributed by atoms with Gasteiger partial charge in [-0.2, -0.15) is 0 Å². The Morgan fingerprint density at radius 1 is 1.17 bits per heavy atom. The van der Waals surface area contributed by atoms with Crippen molar-refractivity contribution in [2.75, 3.05) is 33.3 Å². The summed E-state index contributed by atoms with van der Waals surface area (Å²) in [5.74, 6) is 0.826. The van der Waals surface area contributed by atoms with Crippen LogP contribution in [-0.4, -0.2) is 60.5 Å². The van der Waals surface area contributed by atoms with Gasteiger partial charge in [0.25, 0.3) is 5.91 Å². The lowest BCUT2D eigenvalue weighted by Crippen LogP contribution is -2.60. The Balaban J connectivity index is 1.64. The lowest BCUT2D eigenvalue weighted by molar-refractivity contribution is -0.173. The second-order valence-electron chi connectivity index (χ2n) is 7.55. The lowest BCUT2D eigenvalue weighted by atomic mass is 9.86. The van der Waals surface area contributed by atoms with Gasteiger partial charge in [-0.25, -0.2) is 0 Å². The number of hydrogen-bond acceptors (Lipinski definition) is 3. The van der Waals surface area contributed by atoms with Gasteiger partial charge in [-0.05, 0) is 38.0 Å². The van der Waals surface area contributed by atoms with Gasteiger partial charge in [0.2, 0.25) is 5.91 Å². The number of likely N-dealkylation sites (N-methyl/N-ethyl adjacent to an activating group) is 1. The number of nitrogens with zero attached hydrogens (tertiary/aromatic N) is 2. The first-order valence-corrected chi connectivity index (χ1v) is 9.28. The largest absolute Gasteiger partial charge is 0.361 e. The molecule has 3 rings (SSSR count). The van der Waals surface area contributed by atoms with E-state index in [1.54, 1.807) is 4.90 Å². The molecule has 1 unspecified atom stereocenters. The molecule has 5 nitrogen and oxygen atoms in total. The average molecular weight is 322 g/mol. The minimum atomic E-state index is -0.786. The van der Waals surface area contributed by atoms with Gasteiger partial charge in [0, 0.05) is 26.6 Å². The van der Waals surface area contributed by atoms with Gasteiger partial charge >= 0.3 is 0 Å². The van der Waals surface area contributed by atoms with Crippen LogP contribution in [0, 0.1) is 5.92 Å². The molecule has 0 N–H and O–H groups in total. The third-order valence-electron chi connectivity index (χ3n) is 5.79. The van der Waals surface area contributed by atoms with Gasteiger partial charge in [0.1, 0.15) is 0 Å². The summed E-state index contributed by atoms with van der Waals surface area (Å²) >= 11 is 0. The minimum absolute atomic E-state index is 0.0603. The van der Waals surface area contributed by atoms with Gasteiger partial charge in [-0.3, -0.25) is 9.59 Å². The quantitative estimate of drug-likeness (QED) is 0.783. The first-order chi connectivity index (χ1) is 11.1. The Morgan fingerprint density at radius 3 is 2.74 bits per heavy atom. The fourth-order valence-corrected chi connectivity index (χ4v) is 4.36.